The second-order valence-corrected chi connectivity index (χ2v) is 5.14. The summed E-state index contributed by atoms with van der Waals surface area (Å²) >= 11 is 0. The molecular formula is C15H17N3O3. The van der Waals surface area contributed by atoms with Crippen LogP contribution < -0.4 is 9.47 Å². The normalized spacial score (nSPS) is 13.5. The molecule has 2 heterocycles. The molecule has 1 aliphatic heterocycles. The molecule has 0 amide bonds. The largest absolute Gasteiger partial charge is 0.486 e. The van der Waals surface area contributed by atoms with Crippen LogP contribution in [0, 0.1) is 0 Å². The van der Waals surface area contributed by atoms with Gasteiger partial charge in [-0.1, -0.05) is 6.07 Å². The molecule has 0 spiro atoms. The van der Waals surface area contributed by atoms with Crippen molar-refractivity contribution in [3.8, 4) is 11.5 Å². The quantitative estimate of drug-likeness (QED) is 0.805. The molecule has 0 saturated heterocycles. The van der Waals surface area contributed by atoms with Crippen molar-refractivity contribution in [1.29, 1.82) is 0 Å². The van der Waals surface area contributed by atoms with E-state index in [1.54, 1.807) is 16.8 Å². The number of carbonyl (C=O) groups excluding carboxylic acids is 1. The van der Waals surface area contributed by atoms with E-state index in [0.29, 0.717) is 36.1 Å². The summed E-state index contributed by atoms with van der Waals surface area (Å²) < 4.78 is 12.8. The maximum atomic E-state index is 12.5. The van der Waals surface area contributed by atoms with Crippen LogP contribution in [0.25, 0.3) is 0 Å². The van der Waals surface area contributed by atoms with Crippen molar-refractivity contribution in [2.45, 2.75) is 26.3 Å². The zero-order valence-electron chi connectivity index (χ0n) is 12.1. The molecule has 0 N–H and O–H groups in total. The Bertz CT molecular complexity index is 664. The second kappa shape index (κ2) is 5.55. The number of Topliss-reactive ketones (excluding diaryl/α,β-unsaturated/α-hetero) is 1. The zero-order valence-corrected chi connectivity index (χ0v) is 12.1. The lowest BCUT2D eigenvalue weighted by atomic mass is 10.1. The number of rotatable bonds is 4. The standard InChI is InChI=1S/C15H17N3O3/c1-10(2)18-14(16-9-17-18)8-12(19)11-4-3-5-13-15(11)21-7-6-20-13/h3-5,9-10H,6-8H2,1-2H3. The van der Waals surface area contributed by atoms with Gasteiger partial charge in [0.05, 0.1) is 12.0 Å². The van der Waals surface area contributed by atoms with Crippen molar-refractivity contribution in [1.82, 2.24) is 14.8 Å². The van der Waals surface area contributed by atoms with E-state index in [1.165, 1.54) is 6.33 Å². The SMILES string of the molecule is CC(C)n1ncnc1CC(=O)c1cccc2c1OCCO2. The molecule has 110 valence electrons. The highest BCUT2D eigenvalue weighted by atomic mass is 16.6. The summed E-state index contributed by atoms with van der Waals surface area (Å²) in [5, 5.41) is 4.15. The Labute approximate surface area is 122 Å². The second-order valence-electron chi connectivity index (χ2n) is 5.14. The van der Waals surface area contributed by atoms with E-state index in [4.69, 9.17) is 9.47 Å². The molecule has 0 aliphatic carbocycles. The van der Waals surface area contributed by atoms with Gasteiger partial charge in [0, 0.05) is 6.04 Å². The summed E-state index contributed by atoms with van der Waals surface area (Å²) in [5.41, 5.74) is 0.533. The minimum Gasteiger partial charge on any atom is -0.486 e. The number of carbonyl (C=O) groups is 1. The maximum absolute atomic E-state index is 12.5. The predicted octanol–water partition coefficient (Wildman–Crippen LogP) is 2.06. The van der Waals surface area contributed by atoms with E-state index in [1.807, 2.05) is 19.9 Å². The molecule has 1 aromatic heterocycles. The van der Waals surface area contributed by atoms with Crippen LogP contribution in [0.15, 0.2) is 24.5 Å². The fourth-order valence-electron chi connectivity index (χ4n) is 2.36. The fraction of sp³-hybridized carbons (Fsp3) is 0.400. The van der Waals surface area contributed by atoms with Crippen LogP contribution in [0.2, 0.25) is 0 Å². The van der Waals surface area contributed by atoms with Crippen molar-refractivity contribution in [2.24, 2.45) is 0 Å². The molecule has 0 unspecified atom stereocenters. The van der Waals surface area contributed by atoms with Gasteiger partial charge < -0.3 is 9.47 Å². The van der Waals surface area contributed by atoms with Gasteiger partial charge in [0.1, 0.15) is 25.4 Å². The van der Waals surface area contributed by atoms with Crippen LogP contribution in [0.5, 0.6) is 11.5 Å². The Morgan fingerprint density at radius 2 is 2.14 bits per heavy atom. The molecule has 0 fully saturated rings. The molecule has 0 bridgehead atoms. The van der Waals surface area contributed by atoms with Crippen LogP contribution in [-0.2, 0) is 6.42 Å². The van der Waals surface area contributed by atoms with Crippen LogP contribution in [0.4, 0.5) is 0 Å². The number of fused-ring (bicyclic) bond motifs is 1. The van der Waals surface area contributed by atoms with Gasteiger partial charge in [-0.25, -0.2) is 9.67 Å². The highest BCUT2D eigenvalue weighted by Gasteiger charge is 2.22. The molecule has 0 saturated carbocycles. The van der Waals surface area contributed by atoms with Gasteiger partial charge in [-0.15, -0.1) is 0 Å². The fourth-order valence-corrected chi connectivity index (χ4v) is 2.36. The predicted molar refractivity (Wildman–Crippen MR) is 75.9 cm³/mol. The molecule has 2 aromatic rings. The number of aromatic nitrogens is 3. The van der Waals surface area contributed by atoms with Gasteiger partial charge in [-0.3, -0.25) is 4.79 Å². The molecule has 1 aliphatic rings. The Morgan fingerprint density at radius 1 is 1.33 bits per heavy atom. The summed E-state index contributed by atoms with van der Waals surface area (Å²) in [5.74, 6) is 1.76. The number of hydrogen-bond acceptors (Lipinski definition) is 5. The average molecular weight is 287 g/mol. The molecule has 1 aromatic carbocycles. The minimum atomic E-state index is -0.0488. The van der Waals surface area contributed by atoms with E-state index in [0.717, 1.165) is 0 Å². The van der Waals surface area contributed by atoms with E-state index in [-0.39, 0.29) is 18.2 Å². The van der Waals surface area contributed by atoms with Gasteiger partial charge in [0.15, 0.2) is 17.3 Å². The third-order valence-electron chi connectivity index (χ3n) is 3.32. The third kappa shape index (κ3) is 2.61. The highest BCUT2D eigenvalue weighted by Crippen LogP contribution is 2.34. The summed E-state index contributed by atoms with van der Waals surface area (Å²) in [4.78, 5) is 16.7. The molecule has 0 atom stereocenters. The zero-order chi connectivity index (χ0) is 14.8. The Balaban J connectivity index is 1.88. The first kappa shape index (κ1) is 13.6. The number of nitrogens with zero attached hydrogens (tertiary/aromatic N) is 3. The molecule has 6 nitrogen and oxygen atoms in total. The van der Waals surface area contributed by atoms with E-state index >= 15 is 0 Å². The van der Waals surface area contributed by atoms with E-state index < -0.39 is 0 Å². The first-order valence-corrected chi connectivity index (χ1v) is 6.97. The smallest absolute Gasteiger partial charge is 0.174 e. The van der Waals surface area contributed by atoms with E-state index in [9.17, 15) is 4.79 Å². The molecule has 6 heteroatoms. The van der Waals surface area contributed by atoms with Crippen molar-refractivity contribution >= 4 is 5.78 Å². The summed E-state index contributed by atoms with van der Waals surface area (Å²) in [6.07, 6.45) is 1.67. The number of ether oxygens (including phenoxy) is 2. The number of benzene rings is 1. The number of para-hydroxylation sites is 1. The number of ketones is 1. The number of hydrogen-bond donors (Lipinski definition) is 0. The van der Waals surface area contributed by atoms with Crippen molar-refractivity contribution in [2.75, 3.05) is 13.2 Å². The van der Waals surface area contributed by atoms with Crippen LogP contribution in [-0.4, -0.2) is 33.8 Å². The van der Waals surface area contributed by atoms with Crippen molar-refractivity contribution in [3.63, 3.8) is 0 Å². The topological polar surface area (TPSA) is 66.2 Å². The lowest BCUT2D eigenvalue weighted by molar-refractivity contribution is 0.0978. The lowest BCUT2D eigenvalue weighted by Crippen LogP contribution is -2.19. The van der Waals surface area contributed by atoms with Crippen LogP contribution in [0.1, 0.15) is 36.1 Å². The highest BCUT2D eigenvalue weighted by molar-refractivity contribution is 6.00. The summed E-state index contributed by atoms with van der Waals surface area (Å²) in [7, 11) is 0. The van der Waals surface area contributed by atoms with Crippen LogP contribution >= 0.6 is 0 Å². The maximum Gasteiger partial charge on any atom is 0.174 e. The monoisotopic (exact) mass is 287 g/mol. The molecule has 0 radical (unpaired) electrons. The summed E-state index contributed by atoms with van der Waals surface area (Å²) in [6.45, 7) is 4.97. The molecule has 21 heavy (non-hydrogen) atoms. The van der Waals surface area contributed by atoms with Gasteiger partial charge in [0.2, 0.25) is 0 Å². The first-order chi connectivity index (χ1) is 10.2. The Morgan fingerprint density at radius 3 is 2.95 bits per heavy atom. The third-order valence-corrected chi connectivity index (χ3v) is 3.32. The Hall–Kier alpha value is -2.37. The molecule has 3 rings (SSSR count). The van der Waals surface area contributed by atoms with Crippen molar-refractivity contribution in [3.05, 3.63) is 35.9 Å². The van der Waals surface area contributed by atoms with Crippen molar-refractivity contribution < 1.29 is 14.3 Å². The molecular weight excluding hydrogens is 270 g/mol. The first-order valence-electron chi connectivity index (χ1n) is 6.97. The lowest BCUT2D eigenvalue weighted by Gasteiger charge is -2.20. The van der Waals surface area contributed by atoms with E-state index in [2.05, 4.69) is 10.1 Å². The van der Waals surface area contributed by atoms with Gasteiger partial charge in [-0.05, 0) is 26.0 Å². The summed E-state index contributed by atoms with van der Waals surface area (Å²) in [6, 6.07) is 5.53. The van der Waals surface area contributed by atoms with Gasteiger partial charge in [-0.2, -0.15) is 5.10 Å². The van der Waals surface area contributed by atoms with Gasteiger partial charge in [0.25, 0.3) is 0 Å². The minimum absolute atomic E-state index is 0.0488. The average Bonchev–Trinajstić information content (AvgIpc) is 2.95. The Kier molecular flexibility index (Phi) is 3.60. The van der Waals surface area contributed by atoms with Gasteiger partial charge >= 0.3 is 0 Å². The van der Waals surface area contributed by atoms with Crippen LogP contribution in [0.3, 0.4) is 0 Å².